The van der Waals surface area contributed by atoms with Crippen LogP contribution in [0.2, 0.25) is 0 Å². The van der Waals surface area contributed by atoms with E-state index in [0.29, 0.717) is 6.54 Å². The molecule has 0 aliphatic heterocycles. The van der Waals surface area contributed by atoms with Crippen LogP contribution < -0.4 is 5.73 Å². The maximum atomic E-state index is 5.75. The van der Waals surface area contributed by atoms with E-state index in [4.69, 9.17) is 5.73 Å². The van der Waals surface area contributed by atoms with Gasteiger partial charge < -0.3 is 10.6 Å². The first kappa shape index (κ1) is 11.7. The Bertz CT molecular complexity index is 310. The molecule has 3 heteroatoms. The molecule has 0 saturated carbocycles. The van der Waals surface area contributed by atoms with Crippen LogP contribution in [0.3, 0.4) is 0 Å². The van der Waals surface area contributed by atoms with Crippen molar-refractivity contribution in [2.75, 3.05) is 20.6 Å². The van der Waals surface area contributed by atoms with E-state index < -0.39 is 0 Å². The molecule has 0 aliphatic rings. The van der Waals surface area contributed by atoms with Crippen molar-refractivity contribution >= 4 is 15.9 Å². The van der Waals surface area contributed by atoms with E-state index in [2.05, 4.69) is 46.0 Å². The summed E-state index contributed by atoms with van der Waals surface area (Å²) in [7, 11) is 4.09. The molecule has 1 aromatic rings. The van der Waals surface area contributed by atoms with Crippen LogP contribution in [-0.2, 0) is 0 Å². The molecule has 0 fully saturated rings. The fraction of sp³-hybridized carbons (Fsp3) is 0.455. The van der Waals surface area contributed by atoms with Crippen molar-refractivity contribution < 1.29 is 0 Å². The minimum Gasteiger partial charge on any atom is -0.329 e. The van der Waals surface area contributed by atoms with Gasteiger partial charge in [-0.1, -0.05) is 28.1 Å². The second-order valence-electron chi connectivity index (χ2n) is 3.74. The second-order valence-corrected chi connectivity index (χ2v) is 4.59. The van der Waals surface area contributed by atoms with Gasteiger partial charge in [0.25, 0.3) is 0 Å². The van der Waals surface area contributed by atoms with Crippen LogP contribution in [0.5, 0.6) is 0 Å². The number of likely N-dealkylation sites (N-methyl/N-ethyl adjacent to an activating group) is 1. The standard InChI is InChI=1S/C11H17BrN2/c1-8-4-5-9(10(12)6-8)11(7-13)14(2)3/h4-6,11H,7,13H2,1-3H3. The third-order valence-electron chi connectivity index (χ3n) is 2.36. The van der Waals surface area contributed by atoms with Crippen LogP contribution in [0.25, 0.3) is 0 Å². The van der Waals surface area contributed by atoms with Gasteiger partial charge >= 0.3 is 0 Å². The van der Waals surface area contributed by atoms with Gasteiger partial charge in [-0.2, -0.15) is 0 Å². The molecular formula is C11H17BrN2. The van der Waals surface area contributed by atoms with E-state index in [1.807, 2.05) is 14.1 Å². The zero-order valence-corrected chi connectivity index (χ0v) is 10.5. The summed E-state index contributed by atoms with van der Waals surface area (Å²) in [6.07, 6.45) is 0. The van der Waals surface area contributed by atoms with E-state index >= 15 is 0 Å². The molecule has 0 spiro atoms. The summed E-state index contributed by atoms with van der Waals surface area (Å²) in [6, 6.07) is 6.66. The highest BCUT2D eigenvalue weighted by Crippen LogP contribution is 2.26. The number of nitrogens with zero attached hydrogens (tertiary/aromatic N) is 1. The van der Waals surface area contributed by atoms with Gasteiger partial charge in [0.15, 0.2) is 0 Å². The first-order valence-electron chi connectivity index (χ1n) is 4.68. The molecule has 14 heavy (non-hydrogen) atoms. The van der Waals surface area contributed by atoms with Crippen molar-refractivity contribution in [2.24, 2.45) is 5.73 Å². The lowest BCUT2D eigenvalue weighted by molar-refractivity contribution is 0.305. The molecule has 2 N–H and O–H groups in total. The normalized spacial score (nSPS) is 13.3. The van der Waals surface area contributed by atoms with Crippen molar-refractivity contribution in [3.05, 3.63) is 33.8 Å². The molecular weight excluding hydrogens is 240 g/mol. The lowest BCUT2D eigenvalue weighted by atomic mass is 10.0. The zero-order valence-electron chi connectivity index (χ0n) is 8.92. The van der Waals surface area contributed by atoms with Gasteiger partial charge in [0.2, 0.25) is 0 Å². The average molecular weight is 257 g/mol. The topological polar surface area (TPSA) is 29.3 Å². The fourth-order valence-electron chi connectivity index (χ4n) is 1.52. The molecule has 0 bridgehead atoms. The van der Waals surface area contributed by atoms with Gasteiger partial charge in [0.1, 0.15) is 0 Å². The van der Waals surface area contributed by atoms with Crippen molar-refractivity contribution in [3.63, 3.8) is 0 Å². The zero-order chi connectivity index (χ0) is 10.7. The van der Waals surface area contributed by atoms with Gasteiger partial charge in [-0.25, -0.2) is 0 Å². The Hall–Kier alpha value is -0.380. The number of hydrogen-bond donors (Lipinski definition) is 1. The number of aryl methyl sites for hydroxylation is 1. The van der Waals surface area contributed by atoms with Crippen LogP contribution in [0.4, 0.5) is 0 Å². The minimum absolute atomic E-state index is 0.282. The molecule has 1 atom stereocenters. The molecule has 0 aliphatic carbocycles. The number of nitrogens with two attached hydrogens (primary N) is 1. The third kappa shape index (κ3) is 2.56. The second kappa shape index (κ2) is 4.91. The summed E-state index contributed by atoms with van der Waals surface area (Å²) in [5.41, 5.74) is 8.26. The van der Waals surface area contributed by atoms with Crippen LogP contribution >= 0.6 is 15.9 Å². The average Bonchev–Trinajstić information content (AvgIpc) is 2.09. The largest absolute Gasteiger partial charge is 0.329 e. The van der Waals surface area contributed by atoms with Gasteiger partial charge in [0, 0.05) is 17.1 Å². The molecule has 0 radical (unpaired) electrons. The van der Waals surface area contributed by atoms with Crippen molar-refractivity contribution in [2.45, 2.75) is 13.0 Å². The number of halogens is 1. The van der Waals surface area contributed by atoms with Crippen LogP contribution in [0.1, 0.15) is 17.2 Å². The Kier molecular flexibility index (Phi) is 4.11. The molecule has 0 aromatic heterocycles. The molecule has 0 amide bonds. The first-order valence-corrected chi connectivity index (χ1v) is 5.48. The fourth-order valence-corrected chi connectivity index (χ4v) is 2.28. The van der Waals surface area contributed by atoms with E-state index in [9.17, 15) is 0 Å². The maximum absolute atomic E-state index is 5.75. The Morgan fingerprint density at radius 2 is 2.07 bits per heavy atom. The van der Waals surface area contributed by atoms with Gasteiger partial charge in [-0.15, -0.1) is 0 Å². The molecule has 0 saturated heterocycles. The van der Waals surface area contributed by atoms with E-state index in [-0.39, 0.29) is 6.04 Å². The molecule has 78 valence electrons. The molecule has 1 unspecified atom stereocenters. The van der Waals surface area contributed by atoms with Crippen LogP contribution in [0.15, 0.2) is 22.7 Å². The summed E-state index contributed by atoms with van der Waals surface area (Å²) >= 11 is 3.57. The van der Waals surface area contributed by atoms with E-state index in [1.54, 1.807) is 0 Å². The third-order valence-corrected chi connectivity index (χ3v) is 3.05. The van der Waals surface area contributed by atoms with Gasteiger partial charge in [0.05, 0.1) is 0 Å². The SMILES string of the molecule is Cc1ccc(C(CN)N(C)C)c(Br)c1. The molecule has 1 rings (SSSR count). The van der Waals surface area contributed by atoms with Crippen molar-refractivity contribution in [1.29, 1.82) is 0 Å². The van der Waals surface area contributed by atoms with E-state index in [0.717, 1.165) is 4.47 Å². The summed E-state index contributed by atoms with van der Waals surface area (Å²) in [5.74, 6) is 0. The first-order chi connectivity index (χ1) is 6.56. The summed E-state index contributed by atoms with van der Waals surface area (Å²) < 4.78 is 1.14. The highest BCUT2D eigenvalue weighted by Gasteiger charge is 2.14. The van der Waals surface area contributed by atoms with Gasteiger partial charge in [-0.05, 0) is 38.2 Å². The van der Waals surface area contributed by atoms with Crippen LogP contribution in [-0.4, -0.2) is 25.5 Å². The van der Waals surface area contributed by atoms with Gasteiger partial charge in [-0.3, -0.25) is 0 Å². The summed E-state index contributed by atoms with van der Waals surface area (Å²) in [4.78, 5) is 2.13. The Morgan fingerprint density at radius 1 is 1.43 bits per heavy atom. The number of rotatable bonds is 3. The monoisotopic (exact) mass is 256 g/mol. The smallest absolute Gasteiger partial charge is 0.0475 e. The molecule has 2 nitrogen and oxygen atoms in total. The Morgan fingerprint density at radius 3 is 2.50 bits per heavy atom. The van der Waals surface area contributed by atoms with Crippen molar-refractivity contribution in [3.8, 4) is 0 Å². The van der Waals surface area contributed by atoms with E-state index in [1.165, 1.54) is 11.1 Å². The predicted octanol–water partition coefficient (Wildman–Crippen LogP) is 2.32. The summed E-state index contributed by atoms with van der Waals surface area (Å²) in [6.45, 7) is 2.72. The molecule has 0 heterocycles. The highest BCUT2D eigenvalue weighted by molar-refractivity contribution is 9.10. The quantitative estimate of drug-likeness (QED) is 0.900. The highest BCUT2D eigenvalue weighted by atomic mass is 79.9. The maximum Gasteiger partial charge on any atom is 0.0475 e. The van der Waals surface area contributed by atoms with Crippen LogP contribution in [0, 0.1) is 6.92 Å². The molecule has 1 aromatic carbocycles. The Labute approximate surface area is 94.2 Å². The van der Waals surface area contributed by atoms with Crippen molar-refractivity contribution in [1.82, 2.24) is 4.90 Å². The minimum atomic E-state index is 0.282. The lowest BCUT2D eigenvalue weighted by Gasteiger charge is -2.24. The predicted molar refractivity (Wildman–Crippen MR) is 64.4 cm³/mol. The summed E-state index contributed by atoms with van der Waals surface area (Å²) in [5, 5.41) is 0. The number of benzene rings is 1. The Balaban J connectivity index is 3.04. The lowest BCUT2D eigenvalue weighted by Crippen LogP contribution is -2.27. The number of hydrogen-bond acceptors (Lipinski definition) is 2.